The van der Waals surface area contributed by atoms with Crippen LogP contribution in [0.15, 0.2) is 48.5 Å². The highest BCUT2D eigenvalue weighted by molar-refractivity contribution is 5.41. The predicted molar refractivity (Wildman–Crippen MR) is 79.8 cm³/mol. The molecule has 0 bridgehead atoms. The summed E-state index contributed by atoms with van der Waals surface area (Å²) in [7, 11) is 0. The standard InChI is InChI=1S/C15H12N2O6/c18-10-23-15(12-3-7-14(8-4-12)17(21)22)9-11-1-5-13(6-2-11)16(19)20/h1-8,10,15H,9H2. The molecule has 23 heavy (non-hydrogen) atoms. The van der Waals surface area contributed by atoms with Crippen molar-refractivity contribution in [3.8, 4) is 0 Å². The van der Waals surface area contributed by atoms with Crippen LogP contribution in [-0.4, -0.2) is 16.3 Å². The van der Waals surface area contributed by atoms with Gasteiger partial charge in [0.1, 0.15) is 6.10 Å². The maximum atomic E-state index is 10.7. The molecule has 0 aliphatic carbocycles. The Hall–Kier alpha value is -3.29. The third-order valence-corrected chi connectivity index (χ3v) is 3.26. The lowest BCUT2D eigenvalue weighted by atomic mass is 10.0. The van der Waals surface area contributed by atoms with Crippen molar-refractivity contribution in [2.24, 2.45) is 0 Å². The van der Waals surface area contributed by atoms with Gasteiger partial charge in [0.15, 0.2) is 0 Å². The first-order valence-corrected chi connectivity index (χ1v) is 6.58. The fourth-order valence-corrected chi connectivity index (χ4v) is 2.09. The summed E-state index contributed by atoms with van der Waals surface area (Å²) < 4.78 is 5.03. The molecule has 2 aromatic carbocycles. The lowest BCUT2D eigenvalue weighted by Crippen LogP contribution is -2.07. The molecule has 0 N–H and O–H groups in total. The van der Waals surface area contributed by atoms with E-state index in [4.69, 9.17) is 4.74 Å². The highest BCUT2D eigenvalue weighted by atomic mass is 16.6. The number of rotatable bonds is 7. The molecule has 1 unspecified atom stereocenters. The zero-order valence-corrected chi connectivity index (χ0v) is 11.8. The fourth-order valence-electron chi connectivity index (χ4n) is 2.09. The summed E-state index contributed by atoms with van der Waals surface area (Å²) in [5, 5.41) is 21.3. The van der Waals surface area contributed by atoms with E-state index in [9.17, 15) is 25.0 Å². The van der Waals surface area contributed by atoms with E-state index in [0.29, 0.717) is 18.5 Å². The number of nitro benzene ring substituents is 2. The Morgan fingerprint density at radius 3 is 1.83 bits per heavy atom. The van der Waals surface area contributed by atoms with Gasteiger partial charge in [-0.25, -0.2) is 0 Å². The number of carbonyl (C=O) groups excluding carboxylic acids is 1. The average molecular weight is 316 g/mol. The number of benzene rings is 2. The van der Waals surface area contributed by atoms with E-state index in [2.05, 4.69) is 0 Å². The summed E-state index contributed by atoms with van der Waals surface area (Å²) in [6.45, 7) is 0.303. The lowest BCUT2D eigenvalue weighted by Gasteiger charge is -2.15. The van der Waals surface area contributed by atoms with Gasteiger partial charge in [-0.1, -0.05) is 12.1 Å². The maximum absolute atomic E-state index is 10.7. The van der Waals surface area contributed by atoms with E-state index in [0.717, 1.165) is 5.56 Å². The highest BCUT2D eigenvalue weighted by Crippen LogP contribution is 2.25. The van der Waals surface area contributed by atoms with Crippen LogP contribution in [0.3, 0.4) is 0 Å². The molecule has 0 spiro atoms. The van der Waals surface area contributed by atoms with Crippen LogP contribution in [-0.2, 0) is 16.0 Å². The third-order valence-electron chi connectivity index (χ3n) is 3.26. The number of ether oxygens (including phenoxy) is 1. The molecular formula is C15H12N2O6. The van der Waals surface area contributed by atoms with Crippen molar-refractivity contribution in [3.05, 3.63) is 79.9 Å². The second kappa shape index (κ2) is 7.12. The largest absolute Gasteiger partial charge is 0.459 e. The summed E-state index contributed by atoms with van der Waals surface area (Å²) in [5.74, 6) is 0. The van der Waals surface area contributed by atoms with E-state index < -0.39 is 16.0 Å². The minimum absolute atomic E-state index is 0.0306. The summed E-state index contributed by atoms with van der Waals surface area (Å²) >= 11 is 0. The quantitative estimate of drug-likeness (QED) is 0.441. The van der Waals surface area contributed by atoms with Crippen molar-refractivity contribution in [1.82, 2.24) is 0 Å². The third kappa shape index (κ3) is 4.10. The molecule has 0 aliphatic heterocycles. The van der Waals surface area contributed by atoms with Gasteiger partial charge in [-0.2, -0.15) is 0 Å². The lowest BCUT2D eigenvalue weighted by molar-refractivity contribution is -0.385. The Kier molecular flexibility index (Phi) is 4.98. The minimum atomic E-state index is -0.630. The van der Waals surface area contributed by atoms with Crippen molar-refractivity contribution >= 4 is 17.8 Å². The molecule has 0 heterocycles. The van der Waals surface area contributed by atoms with Crippen LogP contribution in [0.5, 0.6) is 0 Å². The molecular weight excluding hydrogens is 304 g/mol. The first-order valence-electron chi connectivity index (χ1n) is 6.58. The summed E-state index contributed by atoms with van der Waals surface area (Å²) in [6.07, 6.45) is -0.330. The van der Waals surface area contributed by atoms with Crippen molar-refractivity contribution in [2.75, 3.05) is 0 Å². The van der Waals surface area contributed by atoms with E-state index in [1.54, 1.807) is 12.1 Å². The monoisotopic (exact) mass is 316 g/mol. The van der Waals surface area contributed by atoms with Gasteiger partial charge in [0.25, 0.3) is 17.8 Å². The zero-order valence-electron chi connectivity index (χ0n) is 11.8. The van der Waals surface area contributed by atoms with Crippen LogP contribution in [0.1, 0.15) is 17.2 Å². The van der Waals surface area contributed by atoms with Gasteiger partial charge in [-0.3, -0.25) is 25.0 Å². The number of hydrogen-bond acceptors (Lipinski definition) is 6. The van der Waals surface area contributed by atoms with Crippen LogP contribution in [0.2, 0.25) is 0 Å². The van der Waals surface area contributed by atoms with Gasteiger partial charge in [0, 0.05) is 30.7 Å². The maximum Gasteiger partial charge on any atom is 0.293 e. The van der Waals surface area contributed by atoms with Crippen molar-refractivity contribution in [2.45, 2.75) is 12.5 Å². The second-order valence-corrected chi connectivity index (χ2v) is 4.70. The average Bonchev–Trinajstić information content (AvgIpc) is 2.55. The Labute approximate surface area is 130 Å². The van der Waals surface area contributed by atoms with Crippen LogP contribution in [0.25, 0.3) is 0 Å². The Bertz CT molecular complexity index is 712. The topological polar surface area (TPSA) is 113 Å². The normalized spacial score (nSPS) is 11.5. The predicted octanol–water partition coefficient (Wildman–Crippen LogP) is 2.96. The molecule has 8 heteroatoms. The van der Waals surface area contributed by atoms with Crippen molar-refractivity contribution in [3.63, 3.8) is 0 Å². The molecule has 2 rings (SSSR count). The van der Waals surface area contributed by atoms with E-state index in [1.165, 1.54) is 36.4 Å². The summed E-state index contributed by atoms with van der Waals surface area (Å²) in [6, 6.07) is 11.6. The van der Waals surface area contributed by atoms with Gasteiger partial charge >= 0.3 is 0 Å². The molecule has 0 aromatic heterocycles. The molecule has 0 saturated heterocycles. The van der Waals surface area contributed by atoms with Gasteiger partial charge in [0.2, 0.25) is 0 Å². The molecule has 1 atom stereocenters. The van der Waals surface area contributed by atoms with Crippen LogP contribution >= 0.6 is 0 Å². The molecule has 0 amide bonds. The van der Waals surface area contributed by atoms with Gasteiger partial charge in [-0.15, -0.1) is 0 Å². The summed E-state index contributed by atoms with van der Waals surface area (Å²) in [5.41, 5.74) is 1.24. The number of nitrogens with zero attached hydrogens (tertiary/aromatic N) is 2. The summed E-state index contributed by atoms with van der Waals surface area (Å²) in [4.78, 5) is 30.9. The van der Waals surface area contributed by atoms with E-state index in [1.807, 2.05) is 0 Å². The zero-order chi connectivity index (χ0) is 16.8. The van der Waals surface area contributed by atoms with Crippen molar-refractivity contribution < 1.29 is 19.4 Å². The molecule has 2 aromatic rings. The second-order valence-electron chi connectivity index (χ2n) is 4.70. The number of nitro groups is 2. The van der Waals surface area contributed by atoms with E-state index in [-0.39, 0.29) is 11.4 Å². The van der Waals surface area contributed by atoms with Gasteiger partial charge in [-0.05, 0) is 23.3 Å². The molecule has 0 fully saturated rings. The first kappa shape index (κ1) is 16.1. The van der Waals surface area contributed by atoms with Crippen LogP contribution in [0.4, 0.5) is 11.4 Å². The van der Waals surface area contributed by atoms with E-state index >= 15 is 0 Å². The SMILES string of the molecule is O=COC(Cc1ccc([N+](=O)[O-])cc1)c1ccc([N+](=O)[O-])cc1. The number of non-ortho nitro benzene ring substituents is 2. The highest BCUT2D eigenvalue weighted by Gasteiger charge is 2.16. The number of hydrogen-bond donors (Lipinski definition) is 0. The van der Waals surface area contributed by atoms with Gasteiger partial charge < -0.3 is 4.74 Å². The van der Waals surface area contributed by atoms with Crippen LogP contribution in [0, 0.1) is 20.2 Å². The Balaban J connectivity index is 2.19. The smallest absolute Gasteiger partial charge is 0.293 e. The van der Waals surface area contributed by atoms with Crippen LogP contribution < -0.4 is 0 Å². The minimum Gasteiger partial charge on any atom is -0.459 e. The molecule has 118 valence electrons. The molecule has 0 radical (unpaired) electrons. The Morgan fingerprint density at radius 1 is 0.913 bits per heavy atom. The van der Waals surface area contributed by atoms with Gasteiger partial charge in [0.05, 0.1) is 9.85 Å². The Morgan fingerprint density at radius 2 is 1.39 bits per heavy atom. The molecule has 0 aliphatic rings. The number of carbonyl (C=O) groups is 1. The first-order chi connectivity index (χ1) is 11.0. The molecule has 0 saturated carbocycles. The molecule has 8 nitrogen and oxygen atoms in total. The van der Waals surface area contributed by atoms with Crippen molar-refractivity contribution in [1.29, 1.82) is 0 Å². The fraction of sp³-hybridized carbons (Fsp3) is 0.133.